The van der Waals surface area contributed by atoms with E-state index in [4.69, 9.17) is 5.11 Å². The fourth-order valence-corrected chi connectivity index (χ4v) is 2.14. The number of carboxylic acid groups (broad SMARTS) is 1. The molecule has 0 radical (unpaired) electrons. The molecule has 0 bridgehead atoms. The summed E-state index contributed by atoms with van der Waals surface area (Å²) in [4.78, 5) is 37.9. The van der Waals surface area contributed by atoms with Crippen molar-refractivity contribution in [2.75, 3.05) is 14.1 Å². The maximum Gasteiger partial charge on any atom is 0.305 e. The van der Waals surface area contributed by atoms with Gasteiger partial charge in [-0.05, 0) is 27.2 Å². The number of hydrogen-bond donors (Lipinski definition) is 1. The van der Waals surface area contributed by atoms with Crippen molar-refractivity contribution in [3.8, 4) is 0 Å². The van der Waals surface area contributed by atoms with Crippen LogP contribution in [0.4, 0.5) is 0 Å². The van der Waals surface area contributed by atoms with Crippen LogP contribution in [0.2, 0.25) is 0 Å². The average molecular weight is 300 g/mol. The number of carbonyl (C=O) groups is 3. The number of nitrogens with zero attached hydrogens (tertiary/aromatic N) is 2. The monoisotopic (exact) mass is 300 g/mol. The zero-order valence-electron chi connectivity index (χ0n) is 14.2. The van der Waals surface area contributed by atoms with Crippen LogP contribution in [0.3, 0.4) is 0 Å². The van der Waals surface area contributed by atoms with Crippen LogP contribution >= 0.6 is 0 Å². The third kappa shape index (κ3) is 5.02. The van der Waals surface area contributed by atoms with E-state index in [1.54, 1.807) is 21.0 Å². The summed E-state index contributed by atoms with van der Waals surface area (Å²) in [5, 5.41) is 9.01. The van der Waals surface area contributed by atoms with Gasteiger partial charge in [0.15, 0.2) is 0 Å². The molecule has 0 aliphatic carbocycles. The Morgan fingerprint density at radius 2 is 1.48 bits per heavy atom. The molecule has 0 aromatic heterocycles. The van der Waals surface area contributed by atoms with E-state index in [0.717, 1.165) is 0 Å². The van der Waals surface area contributed by atoms with E-state index in [0.29, 0.717) is 6.42 Å². The van der Waals surface area contributed by atoms with E-state index in [9.17, 15) is 14.4 Å². The summed E-state index contributed by atoms with van der Waals surface area (Å²) in [6.45, 7) is 8.72. The van der Waals surface area contributed by atoms with E-state index in [1.807, 2.05) is 20.8 Å². The Balaban J connectivity index is 5.08. The van der Waals surface area contributed by atoms with Gasteiger partial charge in [0, 0.05) is 38.5 Å². The van der Waals surface area contributed by atoms with Crippen molar-refractivity contribution >= 4 is 17.8 Å². The first-order chi connectivity index (χ1) is 9.37. The summed E-state index contributed by atoms with van der Waals surface area (Å²) in [6.07, 6.45) is 0.591. The van der Waals surface area contributed by atoms with Crippen LogP contribution in [0.1, 0.15) is 53.9 Å². The minimum atomic E-state index is -0.931. The lowest BCUT2D eigenvalue weighted by atomic mass is 9.90. The van der Waals surface area contributed by atoms with Gasteiger partial charge < -0.3 is 14.9 Å². The van der Waals surface area contributed by atoms with Gasteiger partial charge in [-0.2, -0.15) is 0 Å². The lowest BCUT2D eigenvalue weighted by Crippen LogP contribution is -2.52. The Hall–Kier alpha value is -1.59. The fraction of sp³-hybridized carbons (Fsp3) is 0.800. The molecule has 2 amide bonds. The Morgan fingerprint density at radius 3 is 1.81 bits per heavy atom. The molecule has 0 aromatic carbocycles. The van der Waals surface area contributed by atoms with Crippen LogP contribution in [-0.2, 0) is 14.4 Å². The SMILES string of the molecule is CCC(C)(CC(=O)O)N(C)C(=O)CC(C)(C)N(C)C(C)=O. The molecule has 1 atom stereocenters. The van der Waals surface area contributed by atoms with Crippen molar-refractivity contribution in [3.63, 3.8) is 0 Å². The van der Waals surface area contributed by atoms with Crippen LogP contribution in [0.25, 0.3) is 0 Å². The van der Waals surface area contributed by atoms with E-state index < -0.39 is 17.0 Å². The molecular formula is C15H28N2O4. The van der Waals surface area contributed by atoms with Gasteiger partial charge in [-0.25, -0.2) is 0 Å². The number of aliphatic carboxylic acids is 1. The van der Waals surface area contributed by atoms with E-state index >= 15 is 0 Å². The number of carboxylic acids is 1. The zero-order valence-corrected chi connectivity index (χ0v) is 14.2. The third-order valence-corrected chi connectivity index (χ3v) is 4.44. The first-order valence-corrected chi connectivity index (χ1v) is 7.10. The highest BCUT2D eigenvalue weighted by Gasteiger charge is 2.37. The molecule has 0 aliphatic heterocycles. The van der Waals surface area contributed by atoms with Gasteiger partial charge in [0.2, 0.25) is 11.8 Å². The quantitative estimate of drug-likeness (QED) is 0.777. The van der Waals surface area contributed by atoms with Crippen LogP contribution in [0.5, 0.6) is 0 Å². The number of amides is 2. The highest BCUT2D eigenvalue weighted by molar-refractivity contribution is 5.81. The summed E-state index contributed by atoms with van der Waals surface area (Å²) in [5.41, 5.74) is -1.34. The predicted molar refractivity (Wildman–Crippen MR) is 80.9 cm³/mol. The second-order valence-corrected chi connectivity index (χ2v) is 6.44. The Morgan fingerprint density at radius 1 is 1.00 bits per heavy atom. The topological polar surface area (TPSA) is 77.9 Å². The van der Waals surface area contributed by atoms with Gasteiger partial charge in [0.1, 0.15) is 0 Å². The van der Waals surface area contributed by atoms with Gasteiger partial charge in [-0.1, -0.05) is 6.92 Å². The number of carbonyl (C=O) groups excluding carboxylic acids is 2. The summed E-state index contributed by atoms with van der Waals surface area (Å²) in [6, 6.07) is 0. The van der Waals surface area contributed by atoms with Gasteiger partial charge in [0.25, 0.3) is 0 Å². The molecule has 0 fully saturated rings. The Labute approximate surface area is 127 Å². The van der Waals surface area contributed by atoms with Crippen molar-refractivity contribution in [2.24, 2.45) is 0 Å². The van der Waals surface area contributed by atoms with Crippen molar-refractivity contribution in [1.82, 2.24) is 9.80 Å². The van der Waals surface area contributed by atoms with Crippen LogP contribution in [-0.4, -0.2) is 57.9 Å². The molecule has 122 valence electrons. The lowest BCUT2D eigenvalue weighted by Gasteiger charge is -2.41. The van der Waals surface area contributed by atoms with Crippen LogP contribution < -0.4 is 0 Å². The molecule has 0 aromatic rings. The lowest BCUT2D eigenvalue weighted by molar-refractivity contribution is -0.145. The third-order valence-electron chi connectivity index (χ3n) is 4.44. The highest BCUT2D eigenvalue weighted by Crippen LogP contribution is 2.26. The maximum atomic E-state index is 12.5. The first-order valence-electron chi connectivity index (χ1n) is 7.10. The molecule has 6 heteroatoms. The van der Waals surface area contributed by atoms with E-state index in [1.165, 1.54) is 16.7 Å². The Bertz CT molecular complexity index is 420. The molecule has 0 aliphatic rings. The molecule has 0 spiro atoms. The van der Waals surface area contributed by atoms with Crippen molar-refractivity contribution < 1.29 is 19.5 Å². The molecular weight excluding hydrogens is 272 g/mol. The zero-order chi connectivity index (χ0) is 17.0. The van der Waals surface area contributed by atoms with Gasteiger partial charge in [-0.3, -0.25) is 14.4 Å². The fourth-order valence-electron chi connectivity index (χ4n) is 2.14. The molecule has 1 N–H and O–H groups in total. The molecule has 0 heterocycles. The highest BCUT2D eigenvalue weighted by atomic mass is 16.4. The molecule has 6 nitrogen and oxygen atoms in total. The van der Waals surface area contributed by atoms with Crippen LogP contribution in [0, 0.1) is 0 Å². The van der Waals surface area contributed by atoms with Crippen molar-refractivity contribution in [2.45, 2.75) is 65.0 Å². The summed E-state index contributed by atoms with van der Waals surface area (Å²) in [5.74, 6) is -1.21. The predicted octanol–water partition coefficient (Wildman–Crippen LogP) is 1.74. The number of rotatable bonds is 7. The summed E-state index contributed by atoms with van der Waals surface area (Å²) >= 11 is 0. The largest absolute Gasteiger partial charge is 0.481 e. The van der Waals surface area contributed by atoms with Crippen molar-refractivity contribution in [1.29, 1.82) is 0 Å². The van der Waals surface area contributed by atoms with Crippen LogP contribution in [0.15, 0.2) is 0 Å². The molecule has 0 rings (SSSR count). The standard InChI is InChI=1S/C15H28N2O4/c1-8-15(5,10-13(20)21)17(7)12(19)9-14(3,4)16(6)11(2)18/h8-10H2,1-7H3,(H,20,21). The number of hydrogen-bond acceptors (Lipinski definition) is 3. The smallest absolute Gasteiger partial charge is 0.305 e. The normalized spacial score (nSPS) is 14.2. The van der Waals surface area contributed by atoms with E-state index in [2.05, 4.69) is 0 Å². The molecule has 1 unspecified atom stereocenters. The van der Waals surface area contributed by atoms with Crippen molar-refractivity contribution in [3.05, 3.63) is 0 Å². The molecule has 0 saturated carbocycles. The summed E-state index contributed by atoms with van der Waals surface area (Å²) in [7, 11) is 3.28. The molecule has 0 saturated heterocycles. The minimum absolute atomic E-state index is 0.102. The average Bonchev–Trinajstić information content (AvgIpc) is 2.35. The van der Waals surface area contributed by atoms with Gasteiger partial charge >= 0.3 is 5.97 Å². The maximum absolute atomic E-state index is 12.5. The Kier molecular flexibility index (Phi) is 6.39. The van der Waals surface area contributed by atoms with E-state index in [-0.39, 0.29) is 24.7 Å². The van der Waals surface area contributed by atoms with Gasteiger partial charge in [0.05, 0.1) is 6.42 Å². The molecule has 21 heavy (non-hydrogen) atoms. The second-order valence-electron chi connectivity index (χ2n) is 6.44. The van der Waals surface area contributed by atoms with Gasteiger partial charge in [-0.15, -0.1) is 0 Å². The minimum Gasteiger partial charge on any atom is -0.481 e. The second kappa shape index (κ2) is 6.91. The first kappa shape index (κ1) is 19.4. The summed E-state index contributed by atoms with van der Waals surface area (Å²) < 4.78 is 0.